The Labute approximate surface area is 105 Å². The van der Waals surface area contributed by atoms with Gasteiger partial charge in [-0.1, -0.05) is 44.5 Å². The summed E-state index contributed by atoms with van der Waals surface area (Å²) in [6.45, 7) is 7.45. The van der Waals surface area contributed by atoms with Gasteiger partial charge in [-0.2, -0.15) is 0 Å². The summed E-state index contributed by atoms with van der Waals surface area (Å²) in [5.74, 6) is 0. The second kappa shape index (κ2) is 6.43. The minimum absolute atomic E-state index is 0.711. The van der Waals surface area contributed by atoms with E-state index in [0.717, 1.165) is 5.02 Å². The second-order valence-electron chi connectivity index (χ2n) is 4.16. The minimum atomic E-state index is -1.46. The quantitative estimate of drug-likeness (QED) is 0.661. The molecule has 90 valence electrons. The summed E-state index contributed by atoms with van der Waals surface area (Å²) < 4.78 is 6.20. The summed E-state index contributed by atoms with van der Waals surface area (Å²) in [7, 11) is -1.46. The van der Waals surface area contributed by atoms with E-state index in [1.165, 1.54) is 23.7 Å². The highest BCUT2D eigenvalue weighted by Gasteiger charge is 2.28. The molecule has 0 unspecified atom stereocenters. The van der Waals surface area contributed by atoms with Crippen LogP contribution in [0.1, 0.15) is 26.3 Å². The zero-order chi connectivity index (χ0) is 12.0. The average Bonchev–Trinajstić information content (AvgIpc) is 2.32. The third kappa shape index (κ3) is 3.61. The Balaban J connectivity index is 2.62. The molecular formula is C13H21ClOSi. The van der Waals surface area contributed by atoms with Crippen molar-refractivity contribution in [2.45, 2.75) is 45.5 Å². The first-order chi connectivity index (χ1) is 7.65. The Bertz CT molecular complexity index is 315. The molecular weight excluding hydrogens is 236 g/mol. The van der Waals surface area contributed by atoms with Crippen molar-refractivity contribution in [3.8, 4) is 0 Å². The van der Waals surface area contributed by atoms with Crippen molar-refractivity contribution in [2.24, 2.45) is 0 Å². The van der Waals surface area contributed by atoms with Gasteiger partial charge in [0, 0.05) is 5.02 Å². The van der Waals surface area contributed by atoms with E-state index in [-0.39, 0.29) is 0 Å². The number of rotatable bonds is 6. The predicted octanol–water partition coefficient (Wildman–Crippen LogP) is 4.86. The molecule has 0 aliphatic heterocycles. The van der Waals surface area contributed by atoms with Crippen LogP contribution < -0.4 is 0 Å². The van der Waals surface area contributed by atoms with Crippen LogP contribution in [0.5, 0.6) is 0 Å². The molecule has 0 spiro atoms. The van der Waals surface area contributed by atoms with Crippen molar-refractivity contribution in [2.75, 3.05) is 0 Å². The van der Waals surface area contributed by atoms with Crippen LogP contribution in [0.25, 0.3) is 0 Å². The number of hydrogen-bond donors (Lipinski definition) is 0. The summed E-state index contributed by atoms with van der Waals surface area (Å²) in [4.78, 5) is 0. The molecule has 1 aromatic carbocycles. The monoisotopic (exact) mass is 256 g/mol. The molecule has 0 radical (unpaired) electrons. The van der Waals surface area contributed by atoms with Crippen LogP contribution >= 0.6 is 11.6 Å². The molecule has 0 atom stereocenters. The highest BCUT2D eigenvalue weighted by molar-refractivity contribution is 6.73. The maximum absolute atomic E-state index is 6.20. The second-order valence-corrected chi connectivity index (χ2v) is 9.37. The van der Waals surface area contributed by atoms with Gasteiger partial charge >= 0.3 is 0 Å². The molecule has 0 N–H and O–H groups in total. The Kier molecular flexibility index (Phi) is 5.53. The van der Waals surface area contributed by atoms with Crippen molar-refractivity contribution in [3.05, 3.63) is 34.9 Å². The molecule has 1 rings (SSSR count). The molecule has 1 nitrogen and oxygen atoms in total. The van der Waals surface area contributed by atoms with Gasteiger partial charge in [0.25, 0.3) is 0 Å². The first kappa shape index (κ1) is 13.8. The van der Waals surface area contributed by atoms with Crippen molar-refractivity contribution < 1.29 is 4.43 Å². The van der Waals surface area contributed by atoms with Gasteiger partial charge in [-0.25, -0.2) is 0 Å². The first-order valence-electron chi connectivity index (χ1n) is 6.04. The highest BCUT2D eigenvalue weighted by atomic mass is 35.5. The molecule has 0 aromatic heterocycles. The molecule has 0 heterocycles. The normalized spacial score (nSPS) is 11.8. The number of halogens is 1. The smallest absolute Gasteiger partial charge is 0.192 e. The zero-order valence-electron chi connectivity index (χ0n) is 10.4. The minimum Gasteiger partial charge on any atom is -0.413 e. The predicted molar refractivity (Wildman–Crippen MR) is 73.4 cm³/mol. The van der Waals surface area contributed by atoms with Crippen LogP contribution in [0.15, 0.2) is 24.3 Å². The van der Waals surface area contributed by atoms with Crippen molar-refractivity contribution in [1.29, 1.82) is 0 Å². The summed E-state index contributed by atoms with van der Waals surface area (Å²) >= 11 is 5.95. The summed E-state index contributed by atoms with van der Waals surface area (Å²) in [5, 5.41) is 0.790. The van der Waals surface area contributed by atoms with E-state index in [0.29, 0.717) is 6.61 Å². The molecule has 16 heavy (non-hydrogen) atoms. The van der Waals surface area contributed by atoms with E-state index < -0.39 is 8.32 Å². The molecule has 0 aliphatic carbocycles. The summed E-state index contributed by atoms with van der Waals surface area (Å²) in [6, 6.07) is 11.5. The van der Waals surface area contributed by atoms with Gasteiger partial charge in [-0.05, 0) is 35.8 Å². The molecule has 0 saturated carbocycles. The van der Waals surface area contributed by atoms with Crippen LogP contribution in [0.3, 0.4) is 0 Å². The van der Waals surface area contributed by atoms with Crippen LogP contribution in [0.2, 0.25) is 23.2 Å². The van der Waals surface area contributed by atoms with Gasteiger partial charge in [-0.3, -0.25) is 0 Å². The standard InChI is InChI=1S/C13H21ClOSi/c1-4-16(5-2,6-3)15-11-12-8-7-9-13(14)10-12/h7-10H,4-6,11H2,1-3H3. The molecule has 0 fully saturated rings. The van der Waals surface area contributed by atoms with Gasteiger partial charge in [0.15, 0.2) is 8.32 Å². The van der Waals surface area contributed by atoms with Crippen molar-refractivity contribution in [3.63, 3.8) is 0 Å². The molecule has 0 aliphatic rings. The van der Waals surface area contributed by atoms with Crippen molar-refractivity contribution >= 4 is 19.9 Å². The van der Waals surface area contributed by atoms with E-state index >= 15 is 0 Å². The van der Waals surface area contributed by atoms with E-state index in [1.54, 1.807) is 0 Å². The van der Waals surface area contributed by atoms with E-state index in [4.69, 9.17) is 16.0 Å². The fourth-order valence-corrected chi connectivity index (χ4v) is 4.72. The largest absolute Gasteiger partial charge is 0.413 e. The lowest BCUT2D eigenvalue weighted by Crippen LogP contribution is -2.35. The van der Waals surface area contributed by atoms with Crippen LogP contribution in [0.4, 0.5) is 0 Å². The van der Waals surface area contributed by atoms with Crippen molar-refractivity contribution in [1.82, 2.24) is 0 Å². The van der Waals surface area contributed by atoms with Gasteiger partial charge < -0.3 is 4.43 Å². The number of hydrogen-bond acceptors (Lipinski definition) is 1. The third-order valence-electron chi connectivity index (χ3n) is 3.37. The van der Waals surface area contributed by atoms with Gasteiger partial charge in [0.2, 0.25) is 0 Å². The SMILES string of the molecule is CC[Si](CC)(CC)OCc1cccc(Cl)c1. The fourth-order valence-electron chi connectivity index (χ4n) is 1.92. The Morgan fingerprint density at radius 2 is 1.75 bits per heavy atom. The molecule has 0 saturated heterocycles. The zero-order valence-corrected chi connectivity index (χ0v) is 12.2. The fraction of sp³-hybridized carbons (Fsp3) is 0.538. The maximum atomic E-state index is 6.20. The molecule has 1 aromatic rings. The van der Waals surface area contributed by atoms with Gasteiger partial charge in [0.05, 0.1) is 6.61 Å². The van der Waals surface area contributed by atoms with Crippen LogP contribution in [0, 0.1) is 0 Å². The lowest BCUT2D eigenvalue weighted by atomic mass is 10.2. The Morgan fingerprint density at radius 1 is 1.12 bits per heavy atom. The van der Waals surface area contributed by atoms with Crippen LogP contribution in [-0.4, -0.2) is 8.32 Å². The Morgan fingerprint density at radius 3 is 2.25 bits per heavy atom. The van der Waals surface area contributed by atoms with E-state index in [9.17, 15) is 0 Å². The first-order valence-corrected chi connectivity index (χ1v) is 8.95. The Hall–Kier alpha value is -0.313. The molecule has 0 bridgehead atoms. The van der Waals surface area contributed by atoms with Gasteiger partial charge in [0.1, 0.15) is 0 Å². The number of benzene rings is 1. The van der Waals surface area contributed by atoms with E-state index in [1.807, 2.05) is 18.2 Å². The van der Waals surface area contributed by atoms with Gasteiger partial charge in [-0.15, -0.1) is 0 Å². The third-order valence-corrected chi connectivity index (χ3v) is 8.22. The summed E-state index contributed by atoms with van der Waals surface area (Å²) in [6.07, 6.45) is 0. The lowest BCUT2D eigenvalue weighted by molar-refractivity contribution is 0.287. The van der Waals surface area contributed by atoms with E-state index in [2.05, 4.69) is 26.8 Å². The van der Waals surface area contributed by atoms with Crippen LogP contribution in [-0.2, 0) is 11.0 Å². The molecule has 0 amide bonds. The highest BCUT2D eigenvalue weighted by Crippen LogP contribution is 2.23. The maximum Gasteiger partial charge on any atom is 0.192 e. The topological polar surface area (TPSA) is 9.23 Å². The molecule has 3 heteroatoms. The average molecular weight is 257 g/mol. The summed E-state index contributed by atoms with van der Waals surface area (Å²) in [5.41, 5.74) is 1.18. The lowest BCUT2D eigenvalue weighted by Gasteiger charge is -2.28.